The lowest BCUT2D eigenvalue weighted by molar-refractivity contribution is -0.127. The Labute approximate surface area is 160 Å². The van der Waals surface area contributed by atoms with Crippen molar-refractivity contribution in [2.45, 2.75) is 31.8 Å². The van der Waals surface area contributed by atoms with E-state index in [4.69, 9.17) is 9.47 Å². The van der Waals surface area contributed by atoms with Crippen molar-refractivity contribution in [2.75, 3.05) is 26.8 Å². The second-order valence-electron chi connectivity index (χ2n) is 7.26. The topological polar surface area (TPSA) is 50.8 Å². The van der Waals surface area contributed by atoms with Crippen molar-refractivity contribution in [1.82, 2.24) is 10.2 Å². The number of rotatable bonds is 7. The number of nitrogens with one attached hydrogen (secondary N) is 1. The number of hydrogen-bond acceptors (Lipinski definition) is 4. The largest absolute Gasteiger partial charge is 0.497 e. The molecule has 0 radical (unpaired) electrons. The summed E-state index contributed by atoms with van der Waals surface area (Å²) in [4.78, 5) is 14.3. The lowest BCUT2D eigenvalue weighted by Crippen LogP contribution is -2.33. The molecule has 5 heteroatoms. The van der Waals surface area contributed by atoms with Crippen LogP contribution in [0.4, 0.5) is 0 Å². The Kier molecular flexibility index (Phi) is 5.30. The van der Waals surface area contributed by atoms with Crippen LogP contribution in [0.5, 0.6) is 11.5 Å². The SMILES string of the molecule is COc1ccc(CCN2CC(NCc3ccc4c(c3)CCO4)CC2=O)cc1. The average Bonchev–Trinajstić information content (AvgIpc) is 3.30. The minimum absolute atomic E-state index is 0.220. The zero-order valence-electron chi connectivity index (χ0n) is 15.7. The smallest absolute Gasteiger partial charge is 0.224 e. The third kappa shape index (κ3) is 4.25. The number of amides is 1. The van der Waals surface area contributed by atoms with E-state index in [9.17, 15) is 4.79 Å². The van der Waals surface area contributed by atoms with Gasteiger partial charge in [0.1, 0.15) is 11.5 Å². The van der Waals surface area contributed by atoms with Crippen LogP contribution in [0.15, 0.2) is 42.5 Å². The Balaban J connectivity index is 1.26. The van der Waals surface area contributed by atoms with Gasteiger partial charge in [-0.1, -0.05) is 24.3 Å². The first-order chi connectivity index (χ1) is 13.2. The lowest BCUT2D eigenvalue weighted by Gasteiger charge is -2.17. The molecule has 1 N–H and O–H groups in total. The zero-order chi connectivity index (χ0) is 18.6. The maximum Gasteiger partial charge on any atom is 0.224 e. The van der Waals surface area contributed by atoms with E-state index in [0.29, 0.717) is 6.42 Å². The number of carbonyl (C=O) groups is 1. The summed E-state index contributed by atoms with van der Waals surface area (Å²) in [6, 6.07) is 14.7. The van der Waals surface area contributed by atoms with Crippen LogP contribution in [0.1, 0.15) is 23.1 Å². The fraction of sp³-hybridized carbons (Fsp3) is 0.409. The van der Waals surface area contributed by atoms with Crippen LogP contribution in [-0.4, -0.2) is 43.7 Å². The normalized spacial score (nSPS) is 18.5. The summed E-state index contributed by atoms with van der Waals surface area (Å²) in [5.74, 6) is 2.11. The van der Waals surface area contributed by atoms with Crippen LogP contribution in [-0.2, 0) is 24.2 Å². The summed E-state index contributed by atoms with van der Waals surface area (Å²) >= 11 is 0. The van der Waals surface area contributed by atoms with Crippen molar-refractivity contribution in [3.8, 4) is 11.5 Å². The predicted octanol–water partition coefficient (Wildman–Crippen LogP) is 2.56. The molecule has 0 bridgehead atoms. The average molecular weight is 366 g/mol. The Hall–Kier alpha value is -2.53. The molecule has 0 saturated carbocycles. The molecule has 0 spiro atoms. The van der Waals surface area contributed by atoms with E-state index in [1.54, 1.807) is 7.11 Å². The van der Waals surface area contributed by atoms with Crippen molar-refractivity contribution in [3.05, 3.63) is 59.2 Å². The molecule has 2 aromatic carbocycles. The van der Waals surface area contributed by atoms with Gasteiger partial charge in [-0.3, -0.25) is 4.79 Å². The molecule has 1 saturated heterocycles. The predicted molar refractivity (Wildman–Crippen MR) is 104 cm³/mol. The van der Waals surface area contributed by atoms with Gasteiger partial charge in [0, 0.05) is 38.5 Å². The molecule has 4 rings (SSSR count). The van der Waals surface area contributed by atoms with Crippen LogP contribution < -0.4 is 14.8 Å². The fourth-order valence-corrected chi connectivity index (χ4v) is 3.79. The highest BCUT2D eigenvalue weighted by molar-refractivity contribution is 5.79. The third-order valence-electron chi connectivity index (χ3n) is 5.39. The number of hydrogen-bond donors (Lipinski definition) is 1. The van der Waals surface area contributed by atoms with Gasteiger partial charge in [-0.05, 0) is 41.3 Å². The lowest BCUT2D eigenvalue weighted by atomic mass is 10.1. The summed E-state index contributed by atoms with van der Waals surface area (Å²) in [6.45, 7) is 3.12. The number of ether oxygens (including phenoxy) is 2. The molecule has 0 aliphatic carbocycles. The van der Waals surface area contributed by atoms with Gasteiger partial charge in [-0.2, -0.15) is 0 Å². The van der Waals surface area contributed by atoms with E-state index in [1.165, 1.54) is 16.7 Å². The maximum absolute atomic E-state index is 12.3. The van der Waals surface area contributed by atoms with Gasteiger partial charge in [0.2, 0.25) is 5.91 Å². The maximum atomic E-state index is 12.3. The van der Waals surface area contributed by atoms with Crippen molar-refractivity contribution < 1.29 is 14.3 Å². The summed E-state index contributed by atoms with van der Waals surface area (Å²) in [7, 11) is 1.67. The highest BCUT2D eigenvalue weighted by Crippen LogP contribution is 2.26. The van der Waals surface area contributed by atoms with Crippen molar-refractivity contribution in [1.29, 1.82) is 0 Å². The fourth-order valence-electron chi connectivity index (χ4n) is 3.79. The van der Waals surface area contributed by atoms with Gasteiger partial charge in [0.15, 0.2) is 0 Å². The van der Waals surface area contributed by atoms with Gasteiger partial charge < -0.3 is 19.7 Å². The van der Waals surface area contributed by atoms with Crippen LogP contribution in [0.25, 0.3) is 0 Å². The molecule has 1 amide bonds. The molecule has 0 aromatic heterocycles. The second kappa shape index (κ2) is 8.01. The molecule has 2 heterocycles. The third-order valence-corrected chi connectivity index (χ3v) is 5.39. The monoisotopic (exact) mass is 366 g/mol. The van der Waals surface area contributed by atoms with E-state index in [0.717, 1.165) is 50.6 Å². The number of fused-ring (bicyclic) bond motifs is 1. The molecule has 1 fully saturated rings. The van der Waals surface area contributed by atoms with Crippen LogP contribution in [0.2, 0.25) is 0 Å². The van der Waals surface area contributed by atoms with E-state index < -0.39 is 0 Å². The van der Waals surface area contributed by atoms with E-state index in [1.807, 2.05) is 17.0 Å². The number of nitrogens with zero attached hydrogens (tertiary/aromatic N) is 1. The minimum atomic E-state index is 0.220. The molecular weight excluding hydrogens is 340 g/mol. The Morgan fingerprint density at radius 2 is 2.00 bits per heavy atom. The first-order valence-corrected chi connectivity index (χ1v) is 9.60. The quantitative estimate of drug-likeness (QED) is 0.818. The summed E-state index contributed by atoms with van der Waals surface area (Å²) < 4.78 is 10.7. The van der Waals surface area contributed by atoms with Crippen LogP contribution in [0.3, 0.4) is 0 Å². The zero-order valence-corrected chi connectivity index (χ0v) is 15.7. The number of benzene rings is 2. The molecule has 1 atom stereocenters. The molecular formula is C22H26N2O3. The van der Waals surface area contributed by atoms with E-state index >= 15 is 0 Å². The number of carbonyl (C=O) groups excluding carboxylic acids is 1. The summed E-state index contributed by atoms with van der Waals surface area (Å²) in [6.07, 6.45) is 2.44. The van der Waals surface area contributed by atoms with Gasteiger partial charge in [-0.15, -0.1) is 0 Å². The first-order valence-electron chi connectivity index (χ1n) is 9.60. The molecule has 27 heavy (non-hydrogen) atoms. The Bertz CT molecular complexity index is 804. The van der Waals surface area contributed by atoms with Crippen LogP contribution in [0, 0.1) is 0 Å². The molecule has 142 valence electrons. The van der Waals surface area contributed by atoms with Gasteiger partial charge in [0.25, 0.3) is 0 Å². The van der Waals surface area contributed by atoms with Crippen LogP contribution >= 0.6 is 0 Å². The molecule has 1 unspecified atom stereocenters. The van der Waals surface area contributed by atoms with E-state index in [2.05, 4.69) is 35.6 Å². The molecule has 2 aliphatic heterocycles. The Morgan fingerprint density at radius 3 is 2.81 bits per heavy atom. The highest BCUT2D eigenvalue weighted by Gasteiger charge is 2.28. The van der Waals surface area contributed by atoms with Crippen molar-refractivity contribution >= 4 is 5.91 Å². The van der Waals surface area contributed by atoms with Gasteiger partial charge >= 0.3 is 0 Å². The van der Waals surface area contributed by atoms with E-state index in [-0.39, 0.29) is 11.9 Å². The summed E-state index contributed by atoms with van der Waals surface area (Å²) in [5, 5.41) is 3.54. The summed E-state index contributed by atoms with van der Waals surface area (Å²) in [5.41, 5.74) is 3.77. The second-order valence-corrected chi connectivity index (χ2v) is 7.26. The van der Waals surface area contributed by atoms with Gasteiger partial charge in [-0.25, -0.2) is 0 Å². The van der Waals surface area contributed by atoms with Crippen molar-refractivity contribution in [2.24, 2.45) is 0 Å². The number of likely N-dealkylation sites (tertiary alicyclic amines) is 1. The highest BCUT2D eigenvalue weighted by atomic mass is 16.5. The number of methoxy groups -OCH3 is 1. The molecule has 2 aromatic rings. The van der Waals surface area contributed by atoms with Crippen molar-refractivity contribution in [3.63, 3.8) is 0 Å². The Morgan fingerprint density at radius 1 is 1.19 bits per heavy atom. The first kappa shape index (κ1) is 17.9. The molecule has 5 nitrogen and oxygen atoms in total. The standard InChI is InChI=1S/C22H26N2O3/c1-26-20-5-2-16(3-6-20)8-10-24-15-19(13-22(24)25)23-14-17-4-7-21-18(12-17)9-11-27-21/h2-7,12,19,23H,8-11,13-15H2,1H3. The van der Waals surface area contributed by atoms with Gasteiger partial charge in [0.05, 0.1) is 13.7 Å². The minimum Gasteiger partial charge on any atom is -0.497 e. The molecule has 2 aliphatic rings.